The highest BCUT2D eigenvalue weighted by atomic mass is 19.2. The maximum Gasteiger partial charge on any atom is 0.166 e. The van der Waals surface area contributed by atoms with Crippen LogP contribution < -0.4 is 4.74 Å². The molecule has 0 unspecified atom stereocenters. The Bertz CT molecular complexity index is 1290. The Morgan fingerprint density at radius 3 is 2.03 bits per heavy atom. The van der Waals surface area contributed by atoms with E-state index >= 15 is 0 Å². The van der Waals surface area contributed by atoms with Crippen molar-refractivity contribution in [3.05, 3.63) is 113 Å². The number of ether oxygens (including phenoxy) is 1. The molecular formula is C32H31F3O. The SMILES string of the molecule is CCCCCOc1ccc(-c2ccc(CCc3ccc(-c4ccc(C)cc4)c(F)c3F)cc2)c(F)c1. The Hall–Kier alpha value is -3.53. The first-order valence-electron chi connectivity index (χ1n) is 12.5. The highest BCUT2D eigenvalue weighted by Crippen LogP contribution is 2.29. The lowest BCUT2D eigenvalue weighted by molar-refractivity contribution is 0.305. The van der Waals surface area contributed by atoms with Gasteiger partial charge in [0, 0.05) is 17.2 Å². The Kier molecular flexibility index (Phi) is 8.48. The zero-order valence-corrected chi connectivity index (χ0v) is 20.8. The number of unbranched alkanes of at least 4 members (excludes halogenated alkanes) is 2. The molecule has 0 N–H and O–H groups in total. The molecule has 1 nitrogen and oxygen atoms in total. The summed E-state index contributed by atoms with van der Waals surface area (Å²) in [6.07, 6.45) is 4.07. The van der Waals surface area contributed by atoms with Gasteiger partial charge in [0.15, 0.2) is 11.6 Å². The Balaban J connectivity index is 1.40. The quantitative estimate of drug-likeness (QED) is 0.202. The van der Waals surface area contributed by atoms with Crippen LogP contribution in [-0.4, -0.2) is 6.61 Å². The standard InChI is InChI=1S/C32H31F3O/c1-3-4-5-20-36-27-17-19-28(30(33)21-27)24-13-8-23(9-14-24)10-15-26-16-18-29(32(35)31(26)34)25-11-6-22(2)7-12-25/h6-9,11-14,16-19,21H,3-5,10,15,20H2,1-2H3. The van der Waals surface area contributed by atoms with Crippen LogP contribution in [0.4, 0.5) is 13.2 Å². The van der Waals surface area contributed by atoms with Crippen LogP contribution in [0.5, 0.6) is 5.75 Å². The largest absolute Gasteiger partial charge is 0.493 e. The third-order valence-electron chi connectivity index (χ3n) is 6.43. The van der Waals surface area contributed by atoms with E-state index < -0.39 is 11.6 Å². The third kappa shape index (κ3) is 6.17. The summed E-state index contributed by atoms with van der Waals surface area (Å²) in [6.45, 7) is 4.66. The molecule has 4 aromatic carbocycles. The number of hydrogen-bond donors (Lipinski definition) is 0. The van der Waals surface area contributed by atoms with Crippen LogP contribution in [0.25, 0.3) is 22.3 Å². The van der Waals surface area contributed by atoms with Crippen molar-refractivity contribution in [2.24, 2.45) is 0 Å². The summed E-state index contributed by atoms with van der Waals surface area (Å²) in [7, 11) is 0. The fraction of sp³-hybridized carbons (Fsp3) is 0.250. The van der Waals surface area contributed by atoms with Gasteiger partial charge in [0.2, 0.25) is 0 Å². The van der Waals surface area contributed by atoms with E-state index in [0.717, 1.165) is 36.0 Å². The van der Waals surface area contributed by atoms with Crippen LogP contribution in [0.15, 0.2) is 78.9 Å². The number of halogens is 3. The summed E-state index contributed by atoms with van der Waals surface area (Å²) in [5.74, 6) is -1.42. The van der Waals surface area contributed by atoms with Gasteiger partial charge in [-0.3, -0.25) is 0 Å². The summed E-state index contributed by atoms with van der Waals surface area (Å²) in [6, 6.07) is 23.1. The van der Waals surface area contributed by atoms with Gasteiger partial charge < -0.3 is 4.74 Å². The van der Waals surface area contributed by atoms with Crippen molar-refractivity contribution < 1.29 is 17.9 Å². The Morgan fingerprint density at radius 1 is 0.667 bits per heavy atom. The second kappa shape index (κ2) is 11.9. The fourth-order valence-corrected chi connectivity index (χ4v) is 4.23. The molecule has 4 rings (SSSR count). The Morgan fingerprint density at radius 2 is 1.33 bits per heavy atom. The van der Waals surface area contributed by atoms with E-state index in [-0.39, 0.29) is 11.4 Å². The van der Waals surface area contributed by atoms with Crippen LogP contribution in [0.1, 0.15) is 42.9 Å². The van der Waals surface area contributed by atoms with E-state index in [1.54, 1.807) is 36.4 Å². The van der Waals surface area contributed by atoms with Crippen molar-refractivity contribution in [1.82, 2.24) is 0 Å². The number of hydrogen-bond acceptors (Lipinski definition) is 1. The normalized spacial score (nSPS) is 11.0. The second-order valence-electron chi connectivity index (χ2n) is 9.16. The molecule has 0 aliphatic heterocycles. The van der Waals surface area contributed by atoms with Gasteiger partial charge in [0.25, 0.3) is 0 Å². The maximum atomic E-state index is 14.8. The van der Waals surface area contributed by atoms with Gasteiger partial charge in [0.1, 0.15) is 11.6 Å². The molecule has 4 heteroatoms. The molecule has 0 radical (unpaired) electrons. The van der Waals surface area contributed by atoms with Gasteiger partial charge in [-0.15, -0.1) is 0 Å². The lowest BCUT2D eigenvalue weighted by Gasteiger charge is -2.11. The van der Waals surface area contributed by atoms with Crippen molar-refractivity contribution in [2.45, 2.75) is 46.0 Å². The molecular weight excluding hydrogens is 457 g/mol. The minimum atomic E-state index is -0.819. The molecule has 0 bridgehead atoms. The summed E-state index contributed by atoms with van der Waals surface area (Å²) >= 11 is 0. The predicted octanol–water partition coefficient (Wildman–Crippen LogP) is 9.10. The van der Waals surface area contributed by atoms with Gasteiger partial charge in [-0.1, -0.05) is 86.0 Å². The molecule has 0 fully saturated rings. The average Bonchev–Trinajstić information content (AvgIpc) is 2.89. The van der Waals surface area contributed by atoms with Crippen molar-refractivity contribution in [3.8, 4) is 28.0 Å². The fourth-order valence-electron chi connectivity index (χ4n) is 4.23. The van der Waals surface area contributed by atoms with Gasteiger partial charge in [0.05, 0.1) is 6.61 Å². The molecule has 0 aliphatic rings. The number of rotatable bonds is 10. The number of aryl methyl sites for hydroxylation is 3. The minimum Gasteiger partial charge on any atom is -0.493 e. The average molecular weight is 489 g/mol. The van der Waals surface area contributed by atoms with Crippen LogP contribution in [0, 0.1) is 24.4 Å². The van der Waals surface area contributed by atoms with Gasteiger partial charge in [-0.05, 0) is 60.6 Å². The zero-order chi connectivity index (χ0) is 25.5. The third-order valence-corrected chi connectivity index (χ3v) is 6.43. The van der Waals surface area contributed by atoms with Crippen LogP contribution in [-0.2, 0) is 12.8 Å². The van der Waals surface area contributed by atoms with Crippen molar-refractivity contribution >= 4 is 0 Å². The lowest BCUT2D eigenvalue weighted by atomic mass is 9.97. The molecule has 186 valence electrons. The summed E-state index contributed by atoms with van der Waals surface area (Å²) < 4.78 is 49.9. The predicted molar refractivity (Wildman–Crippen MR) is 141 cm³/mol. The van der Waals surface area contributed by atoms with E-state index in [1.165, 1.54) is 6.07 Å². The molecule has 4 aromatic rings. The van der Waals surface area contributed by atoms with Crippen molar-refractivity contribution in [2.75, 3.05) is 6.61 Å². The van der Waals surface area contributed by atoms with Gasteiger partial charge in [-0.25, -0.2) is 13.2 Å². The maximum absolute atomic E-state index is 14.8. The minimum absolute atomic E-state index is 0.264. The van der Waals surface area contributed by atoms with E-state index in [9.17, 15) is 13.2 Å². The molecule has 36 heavy (non-hydrogen) atoms. The van der Waals surface area contributed by atoms with Crippen LogP contribution >= 0.6 is 0 Å². The van der Waals surface area contributed by atoms with E-state index in [4.69, 9.17) is 4.74 Å². The molecule has 0 aromatic heterocycles. The molecule has 0 atom stereocenters. The Labute approximate surface area is 211 Å². The summed E-state index contributed by atoms with van der Waals surface area (Å²) in [4.78, 5) is 0. The van der Waals surface area contributed by atoms with Crippen LogP contribution in [0.3, 0.4) is 0 Å². The lowest BCUT2D eigenvalue weighted by Crippen LogP contribution is -2.00. The zero-order valence-electron chi connectivity index (χ0n) is 20.8. The van der Waals surface area contributed by atoms with Gasteiger partial charge >= 0.3 is 0 Å². The first kappa shape index (κ1) is 25.6. The molecule has 0 saturated carbocycles. The molecule has 0 spiro atoms. The molecule has 0 heterocycles. The summed E-state index contributed by atoms with van der Waals surface area (Å²) in [5, 5.41) is 0. The van der Waals surface area contributed by atoms with E-state index in [1.807, 2.05) is 43.3 Å². The molecule has 0 amide bonds. The highest BCUT2D eigenvalue weighted by molar-refractivity contribution is 5.66. The topological polar surface area (TPSA) is 9.23 Å². The van der Waals surface area contributed by atoms with E-state index in [0.29, 0.717) is 41.9 Å². The van der Waals surface area contributed by atoms with E-state index in [2.05, 4.69) is 6.92 Å². The highest BCUT2D eigenvalue weighted by Gasteiger charge is 2.15. The number of benzene rings is 4. The van der Waals surface area contributed by atoms with Crippen LogP contribution in [0.2, 0.25) is 0 Å². The first-order valence-corrected chi connectivity index (χ1v) is 12.5. The molecule has 0 saturated heterocycles. The summed E-state index contributed by atoms with van der Waals surface area (Å²) in [5.41, 5.74) is 4.55. The second-order valence-corrected chi connectivity index (χ2v) is 9.16. The van der Waals surface area contributed by atoms with Crippen molar-refractivity contribution in [1.29, 1.82) is 0 Å². The smallest absolute Gasteiger partial charge is 0.166 e. The van der Waals surface area contributed by atoms with Crippen molar-refractivity contribution in [3.63, 3.8) is 0 Å². The molecule has 0 aliphatic carbocycles. The first-order chi connectivity index (χ1) is 17.5. The monoisotopic (exact) mass is 488 g/mol. The van der Waals surface area contributed by atoms with Gasteiger partial charge in [-0.2, -0.15) is 0 Å².